The summed E-state index contributed by atoms with van der Waals surface area (Å²) in [7, 11) is 0. The quantitative estimate of drug-likeness (QED) is 0.946. The van der Waals surface area contributed by atoms with Gasteiger partial charge in [-0.2, -0.15) is 0 Å². The molecule has 0 saturated carbocycles. The Balaban J connectivity index is 1.71. The van der Waals surface area contributed by atoms with Crippen molar-refractivity contribution < 1.29 is 9.59 Å². The first-order valence-corrected chi connectivity index (χ1v) is 7.70. The molecular formula is C19H20N2O2. The van der Waals surface area contributed by atoms with Crippen LogP contribution >= 0.6 is 0 Å². The van der Waals surface area contributed by atoms with Crippen molar-refractivity contribution in [2.24, 2.45) is 0 Å². The molecule has 2 aromatic carbocycles. The lowest BCUT2D eigenvalue weighted by Gasteiger charge is -2.17. The lowest BCUT2D eigenvalue weighted by molar-refractivity contribution is -0.116. The fourth-order valence-corrected chi connectivity index (χ4v) is 3.17. The summed E-state index contributed by atoms with van der Waals surface area (Å²) in [5, 5.41) is 2.95. The molecule has 0 radical (unpaired) electrons. The standard InChI is InChI=1S/C19H20N2O2/c1-12-8-13(2)18(14(3)9-12)20-17(22)11-21-10-15-6-4-5-7-16(15)19(21)23/h4-9H,10-11H2,1-3H3,(H,20,22). The van der Waals surface area contributed by atoms with E-state index in [9.17, 15) is 9.59 Å². The van der Waals surface area contributed by atoms with Crippen LogP contribution in [-0.4, -0.2) is 23.3 Å². The summed E-state index contributed by atoms with van der Waals surface area (Å²) < 4.78 is 0. The van der Waals surface area contributed by atoms with Crippen LogP contribution in [0.15, 0.2) is 36.4 Å². The molecule has 23 heavy (non-hydrogen) atoms. The topological polar surface area (TPSA) is 49.4 Å². The maximum absolute atomic E-state index is 12.3. The van der Waals surface area contributed by atoms with Crippen LogP contribution in [-0.2, 0) is 11.3 Å². The average Bonchev–Trinajstić information content (AvgIpc) is 2.80. The van der Waals surface area contributed by atoms with Gasteiger partial charge in [0.25, 0.3) is 5.91 Å². The summed E-state index contributed by atoms with van der Waals surface area (Å²) in [5.41, 5.74) is 5.75. The van der Waals surface area contributed by atoms with E-state index in [4.69, 9.17) is 0 Å². The van der Waals surface area contributed by atoms with Crippen molar-refractivity contribution >= 4 is 17.5 Å². The summed E-state index contributed by atoms with van der Waals surface area (Å²) in [6, 6.07) is 11.6. The zero-order chi connectivity index (χ0) is 16.6. The Morgan fingerprint density at radius 1 is 1.13 bits per heavy atom. The molecule has 0 aromatic heterocycles. The van der Waals surface area contributed by atoms with Crippen molar-refractivity contribution in [3.63, 3.8) is 0 Å². The number of hydrogen-bond acceptors (Lipinski definition) is 2. The molecule has 2 amide bonds. The molecule has 2 aromatic rings. The first kappa shape index (κ1) is 15.3. The number of hydrogen-bond donors (Lipinski definition) is 1. The van der Waals surface area contributed by atoms with Crippen LogP contribution in [0.5, 0.6) is 0 Å². The molecule has 0 bridgehead atoms. The molecule has 4 heteroatoms. The third kappa shape index (κ3) is 2.97. The van der Waals surface area contributed by atoms with E-state index >= 15 is 0 Å². The van der Waals surface area contributed by atoms with Crippen molar-refractivity contribution in [3.8, 4) is 0 Å². The number of aryl methyl sites for hydroxylation is 3. The Kier molecular flexibility index (Phi) is 3.90. The molecule has 4 nitrogen and oxygen atoms in total. The van der Waals surface area contributed by atoms with Crippen molar-refractivity contribution in [1.29, 1.82) is 0 Å². The van der Waals surface area contributed by atoms with Crippen LogP contribution in [0.4, 0.5) is 5.69 Å². The molecule has 1 aliphatic rings. The lowest BCUT2D eigenvalue weighted by atomic mass is 10.1. The first-order valence-electron chi connectivity index (χ1n) is 7.70. The Morgan fingerprint density at radius 2 is 1.78 bits per heavy atom. The normalized spacial score (nSPS) is 13.2. The van der Waals surface area contributed by atoms with E-state index < -0.39 is 0 Å². The summed E-state index contributed by atoms with van der Waals surface area (Å²) in [5.74, 6) is -0.241. The second-order valence-corrected chi connectivity index (χ2v) is 6.14. The summed E-state index contributed by atoms with van der Waals surface area (Å²) in [4.78, 5) is 26.2. The third-order valence-corrected chi connectivity index (χ3v) is 4.17. The van der Waals surface area contributed by atoms with Crippen molar-refractivity contribution in [2.45, 2.75) is 27.3 Å². The average molecular weight is 308 g/mol. The molecule has 0 aliphatic carbocycles. The minimum absolute atomic E-state index is 0.0697. The minimum Gasteiger partial charge on any atom is -0.325 e. The van der Waals surface area contributed by atoms with Gasteiger partial charge in [-0.25, -0.2) is 0 Å². The van der Waals surface area contributed by atoms with E-state index in [0.717, 1.165) is 22.4 Å². The molecule has 3 rings (SSSR count). The van der Waals surface area contributed by atoms with E-state index in [1.807, 2.05) is 57.2 Å². The van der Waals surface area contributed by atoms with Gasteiger partial charge in [0.1, 0.15) is 6.54 Å². The molecule has 1 N–H and O–H groups in total. The Morgan fingerprint density at radius 3 is 2.43 bits per heavy atom. The molecule has 118 valence electrons. The van der Waals surface area contributed by atoms with Gasteiger partial charge in [-0.15, -0.1) is 0 Å². The molecule has 1 heterocycles. The zero-order valence-corrected chi connectivity index (χ0v) is 13.6. The van der Waals surface area contributed by atoms with E-state index in [1.165, 1.54) is 5.56 Å². The fourth-order valence-electron chi connectivity index (χ4n) is 3.17. The molecule has 0 unspecified atom stereocenters. The molecule has 0 fully saturated rings. The van der Waals surface area contributed by atoms with Gasteiger partial charge >= 0.3 is 0 Å². The summed E-state index contributed by atoms with van der Waals surface area (Å²) in [6.45, 7) is 6.55. The van der Waals surface area contributed by atoms with Gasteiger partial charge in [0, 0.05) is 17.8 Å². The monoisotopic (exact) mass is 308 g/mol. The summed E-state index contributed by atoms with van der Waals surface area (Å²) in [6.07, 6.45) is 0. The number of carbonyl (C=O) groups is 2. The molecular weight excluding hydrogens is 288 g/mol. The van der Waals surface area contributed by atoms with Gasteiger partial charge < -0.3 is 10.2 Å². The fraction of sp³-hybridized carbons (Fsp3) is 0.263. The highest BCUT2D eigenvalue weighted by atomic mass is 16.2. The number of benzene rings is 2. The van der Waals surface area contributed by atoms with Crippen LogP contribution in [0.2, 0.25) is 0 Å². The van der Waals surface area contributed by atoms with Crippen LogP contribution in [0.3, 0.4) is 0 Å². The second-order valence-electron chi connectivity index (χ2n) is 6.14. The largest absolute Gasteiger partial charge is 0.325 e. The van der Waals surface area contributed by atoms with Crippen LogP contribution < -0.4 is 5.32 Å². The number of fused-ring (bicyclic) bond motifs is 1. The van der Waals surface area contributed by atoms with Gasteiger partial charge in [-0.1, -0.05) is 35.9 Å². The molecule has 1 aliphatic heterocycles. The predicted octanol–water partition coefficient (Wildman–Crippen LogP) is 3.21. The van der Waals surface area contributed by atoms with Gasteiger partial charge in [0.15, 0.2) is 0 Å². The maximum atomic E-state index is 12.3. The molecule has 0 atom stereocenters. The van der Waals surface area contributed by atoms with Gasteiger partial charge in [0.2, 0.25) is 5.91 Å². The molecule has 0 saturated heterocycles. The van der Waals surface area contributed by atoms with Crippen LogP contribution in [0, 0.1) is 20.8 Å². The Labute approximate surface area is 136 Å². The zero-order valence-electron chi connectivity index (χ0n) is 13.6. The molecule has 0 spiro atoms. The van der Waals surface area contributed by atoms with Crippen LogP contribution in [0.25, 0.3) is 0 Å². The number of nitrogens with zero attached hydrogens (tertiary/aromatic N) is 1. The number of rotatable bonds is 3. The van der Waals surface area contributed by atoms with E-state index in [-0.39, 0.29) is 18.4 Å². The van der Waals surface area contributed by atoms with Gasteiger partial charge in [0.05, 0.1) is 0 Å². The Bertz CT molecular complexity index is 773. The first-order chi connectivity index (χ1) is 11.0. The SMILES string of the molecule is Cc1cc(C)c(NC(=O)CN2Cc3ccccc3C2=O)c(C)c1. The third-order valence-electron chi connectivity index (χ3n) is 4.17. The smallest absolute Gasteiger partial charge is 0.254 e. The van der Waals surface area contributed by atoms with E-state index in [2.05, 4.69) is 5.32 Å². The number of anilines is 1. The van der Waals surface area contributed by atoms with Crippen molar-refractivity contribution in [1.82, 2.24) is 4.90 Å². The number of carbonyl (C=O) groups excluding carboxylic acids is 2. The van der Waals surface area contributed by atoms with E-state index in [0.29, 0.717) is 12.1 Å². The highest BCUT2D eigenvalue weighted by Gasteiger charge is 2.28. The Hall–Kier alpha value is -2.62. The highest BCUT2D eigenvalue weighted by molar-refractivity contribution is 6.02. The van der Waals surface area contributed by atoms with Gasteiger partial charge in [-0.05, 0) is 43.5 Å². The summed E-state index contributed by atoms with van der Waals surface area (Å²) >= 11 is 0. The van der Waals surface area contributed by atoms with Crippen molar-refractivity contribution in [2.75, 3.05) is 11.9 Å². The minimum atomic E-state index is -0.166. The van der Waals surface area contributed by atoms with Crippen LogP contribution in [0.1, 0.15) is 32.6 Å². The highest BCUT2D eigenvalue weighted by Crippen LogP contribution is 2.24. The number of amides is 2. The second kappa shape index (κ2) is 5.88. The maximum Gasteiger partial charge on any atom is 0.254 e. The van der Waals surface area contributed by atoms with Gasteiger partial charge in [-0.3, -0.25) is 9.59 Å². The predicted molar refractivity (Wildman–Crippen MR) is 90.5 cm³/mol. The number of nitrogens with one attached hydrogen (secondary N) is 1. The lowest BCUT2D eigenvalue weighted by Crippen LogP contribution is -2.33. The van der Waals surface area contributed by atoms with E-state index in [1.54, 1.807) is 4.90 Å². The van der Waals surface area contributed by atoms with Crippen molar-refractivity contribution in [3.05, 3.63) is 64.2 Å².